The largest absolute Gasteiger partial charge is 0.310 e. The van der Waals surface area contributed by atoms with Crippen molar-refractivity contribution in [3.05, 3.63) is 0 Å². The van der Waals surface area contributed by atoms with Gasteiger partial charge in [0.25, 0.3) is 0 Å². The van der Waals surface area contributed by atoms with Gasteiger partial charge in [0.1, 0.15) is 0 Å². The van der Waals surface area contributed by atoms with Crippen LogP contribution in [0.2, 0.25) is 0 Å². The van der Waals surface area contributed by atoms with E-state index in [9.17, 15) is 0 Å². The Hall–Kier alpha value is -0.0800. The van der Waals surface area contributed by atoms with Gasteiger partial charge in [0.05, 0.1) is 0 Å². The first-order valence-electron chi connectivity index (χ1n) is 9.44. The Morgan fingerprint density at radius 2 is 1.76 bits per heavy atom. The molecule has 0 aromatic rings. The van der Waals surface area contributed by atoms with E-state index < -0.39 is 0 Å². The molecule has 2 fully saturated rings. The molecule has 0 bridgehead atoms. The molecule has 2 nitrogen and oxygen atoms in total. The lowest BCUT2D eigenvalue weighted by Crippen LogP contribution is -2.52. The van der Waals surface area contributed by atoms with Crippen LogP contribution in [0.3, 0.4) is 0 Å². The fraction of sp³-hybridized carbons (Fsp3) is 1.00. The second-order valence-electron chi connectivity index (χ2n) is 8.82. The minimum Gasteiger partial charge on any atom is -0.310 e. The lowest BCUT2D eigenvalue weighted by atomic mass is 9.80. The molecule has 2 atom stereocenters. The van der Waals surface area contributed by atoms with Gasteiger partial charge in [-0.05, 0) is 50.0 Å². The van der Waals surface area contributed by atoms with Gasteiger partial charge in [-0.15, -0.1) is 0 Å². The summed E-state index contributed by atoms with van der Waals surface area (Å²) >= 11 is 0. The van der Waals surface area contributed by atoms with Gasteiger partial charge in [-0.2, -0.15) is 0 Å². The highest BCUT2D eigenvalue weighted by Crippen LogP contribution is 2.31. The second-order valence-corrected chi connectivity index (χ2v) is 8.82. The highest BCUT2D eigenvalue weighted by atomic mass is 15.2. The maximum Gasteiger partial charge on any atom is 0.0200 e. The molecule has 2 heteroatoms. The van der Waals surface area contributed by atoms with Crippen molar-refractivity contribution in [3.8, 4) is 0 Å². The molecule has 124 valence electrons. The number of hydrogen-bond acceptors (Lipinski definition) is 2. The summed E-state index contributed by atoms with van der Waals surface area (Å²) in [5.41, 5.74) is 0.469. The molecule has 1 heterocycles. The average molecular weight is 295 g/mol. The van der Waals surface area contributed by atoms with Crippen molar-refractivity contribution in [3.63, 3.8) is 0 Å². The maximum atomic E-state index is 4.00. The van der Waals surface area contributed by atoms with Gasteiger partial charge < -0.3 is 10.2 Å². The smallest absolute Gasteiger partial charge is 0.0200 e. The number of hydrogen-bond donors (Lipinski definition) is 1. The van der Waals surface area contributed by atoms with Gasteiger partial charge in [0.15, 0.2) is 0 Å². The van der Waals surface area contributed by atoms with Crippen LogP contribution in [0.1, 0.15) is 79.1 Å². The summed E-state index contributed by atoms with van der Waals surface area (Å²) in [6.45, 7) is 13.4. The Labute approximate surface area is 133 Å². The lowest BCUT2D eigenvalue weighted by Gasteiger charge is -2.41. The molecule has 1 saturated heterocycles. The molecule has 1 aliphatic carbocycles. The van der Waals surface area contributed by atoms with Crippen LogP contribution in [0.5, 0.6) is 0 Å². The topological polar surface area (TPSA) is 15.3 Å². The predicted octanol–water partition coefficient (Wildman–Crippen LogP) is 4.45. The Balaban J connectivity index is 1.88. The van der Waals surface area contributed by atoms with Gasteiger partial charge in [-0.1, -0.05) is 47.0 Å². The molecule has 0 aromatic carbocycles. The first kappa shape index (κ1) is 17.3. The molecule has 0 aromatic heterocycles. The van der Waals surface area contributed by atoms with Crippen molar-refractivity contribution in [2.75, 3.05) is 19.6 Å². The third-order valence-electron chi connectivity index (χ3n) is 5.17. The minimum absolute atomic E-state index is 0.469. The van der Waals surface area contributed by atoms with Crippen LogP contribution in [-0.4, -0.2) is 36.6 Å². The van der Waals surface area contributed by atoms with E-state index in [1.165, 1.54) is 71.0 Å². The van der Waals surface area contributed by atoms with E-state index in [1.807, 2.05) is 0 Å². The molecule has 0 spiro atoms. The van der Waals surface area contributed by atoms with E-state index in [0.717, 1.165) is 18.0 Å². The van der Waals surface area contributed by atoms with E-state index in [1.54, 1.807) is 0 Å². The Bertz CT molecular complexity index is 288. The van der Waals surface area contributed by atoms with Gasteiger partial charge in [0, 0.05) is 25.2 Å². The summed E-state index contributed by atoms with van der Waals surface area (Å²) in [5, 5.41) is 4.00. The Morgan fingerprint density at radius 3 is 2.38 bits per heavy atom. The summed E-state index contributed by atoms with van der Waals surface area (Å²) in [4.78, 5) is 2.75. The molecule has 2 aliphatic rings. The first-order chi connectivity index (χ1) is 9.96. The summed E-state index contributed by atoms with van der Waals surface area (Å²) in [6, 6.07) is 1.56. The van der Waals surface area contributed by atoms with Crippen molar-refractivity contribution >= 4 is 0 Å². The normalized spacial score (nSPS) is 29.1. The molecule has 1 saturated carbocycles. The molecule has 1 aliphatic heterocycles. The van der Waals surface area contributed by atoms with Gasteiger partial charge in [-0.3, -0.25) is 0 Å². The SMILES string of the molecule is CCCCN1CC(CC(C)(C)C)CC(NC2CCCC2)C1. The average Bonchev–Trinajstić information content (AvgIpc) is 2.87. The van der Waals surface area contributed by atoms with Crippen molar-refractivity contribution < 1.29 is 0 Å². The summed E-state index contributed by atoms with van der Waals surface area (Å²) in [5.74, 6) is 0.884. The Kier molecular flexibility index (Phi) is 6.55. The van der Waals surface area contributed by atoms with Crippen LogP contribution in [0.4, 0.5) is 0 Å². The highest BCUT2D eigenvalue weighted by Gasteiger charge is 2.31. The molecule has 1 N–H and O–H groups in total. The van der Waals surface area contributed by atoms with Gasteiger partial charge in [-0.25, -0.2) is 0 Å². The van der Waals surface area contributed by atoms with Crippen molar-refractivity contribution in [1.82, 2.24) is 10.2 Å². The molecule has 0 amide bonds. The molecule has 2 rings (SSSR count). The standard InChI is InChI=1S/C19H38N2/c1-5-6-11-21-14-16(13-19(2,3)4)12-18(15-21)20-17-9-7-8-10-17/h16-18,20H,5-15H2,1-4H3. The van der Waals surface area contributed by atoms with E-state index >= 15 is 0 Å². The first-order valence-corrected chi connectivity index (χ1v) is 9.44. The fourth-order valence-corrected chi connectivity index (χ4v) is 4.43. The third kappa shape index (κ3) is 6.28. The summed E-state index contributed by atoms with van der Waals surface area (Å²) in [7, 11) is 0. The highest BCUT2D eigenvalue weighted by molar-refractivity contribution is 4.88. The monoisotopic (exact) mass is 294 g/mol. The van der Waals surface area contributed by atoms with Gasteiger partial charge in [0.2, 0.25) is 0 Å². The number of piperidine rings is 1. The number of rotatable bonds is 6. The van der Waals surface area contributed by atoms with E-state index in [0.29, 0.717) is 5.41 Å². The van der Waals surface area contributed by atoms with Crippen LogP contribution in [-0.2, 0) is 0 Å². The van der Waals surface area contributed by atoms with Gasteiger partial charge >= 0.3 is 0 Å². The number of nitrogens with zero attached hydrogens (tertiary/aromatic N) is 1. The number of likely N-dealkylation sites (tertiary alicyclic amines) is 1. The molecule has 21 heavy (non-hydrogen) atoms. The third-order valence-corrected chi connectivity index (χ3v) is 5.17. The van der Waals surface area contributed by atoms with E-state index in [4.69, 9.17) is 0 Å². The van der Waals surface area contributed by atoms with Crippen LogP contribution in [0.15, 0.2) is 0 Å². The fourth-order valence-electron chi connectivity index (χ4n) is 4.43. The predicted molar refractivity (Wildman–Crippen MR) is 92.7 cm³/mol. The van der Waals surface area contributed by atoms with Crippen LogP contribution in [0, 0.1) is 11.3 Å². The number of nitrogens with one attached hydrogen (secondary N) is 1. The van der Waals surface area contributed by atoms with Crippen molar-refractivity contribution in [2.24, 2.45) is 11.3 Å². The quantitative estimate of drug-likeness (QED) is 0.779. The molecular weight excluding hydrogens is 256 g/mol. The molecular formula is C19H38N2. The van der Waals surface area contributed by atoms with Crippen molar-refractivity contribution in [1.29, 1.82) is 0 Å². The lowest BCUT2D eigenvalue weighted by molar-refractivity contribution is 0.108. The van der Waals surface area contributed by atoms with Crippen LogP contribution in [0.25, 0.3) is 0 Å². The molecule has 2 unspecified atom stereocenters. The summed E-state index contributed by atoms with van der Waals surface area (Å²) < 4.78 is 0. The maximum absolute atomic E-state index is 4.00. The Morgan fingerprint density at radius 1 is 1.05 bits per heavy atom. The van der Waals surface area contributed by atoms with Crippen molar-refractivity contribution in [2.45, 2.75) is 91.1 Å². The van der Waals surface area contributed by atoms with E-state index in [2.05, 4.69) is 37.9 Å². The number of unbranched alkanes of at least 4 members (excludes halogenated alkanes) is 1. The second kappa shape index (κ2) is 7.97. The zero-order valence-corrected chi connectivity index (χ0v) is 15.0. The zero-order chi connectivity index (χ0) is 15.3. The van der Waals surface area contributed by atoms with Crippen LogP contribution >= 0.6 is 0 Å². The zero-order valence-electron chi connectivity index (χ0n) is 15.0. The molecule has 0 radical (unpaired) electrons. The summed E-state index contributed by atoms with van der Waals surface area (Å²) in [6.07, 6.45) is 11.2. The van der Waals surface area contributed by atoms with Crippen LogP contribution < -0.4 is 5.32 Å². The minimum atomic E-state index is 0.469. The van der Waals surface area contributed by atoms with E-state index in [-0.39, 0.29) is 0 Å².